The Labute approximate surface area is 96.2 Å². The van der Waals surface area contributed by atoms with Crippen LogP contribution in [-0.2, 0) is 9.59 Å². The predicted octanol–water partition coefficient (Wildman–Crippen LogP) is 1.41. The Hall–Kier alpha value is -1.27. The fourth-order valence-corrected chi connectivity index (χ4v) is 2.17. The van der Waals surface area contributed by atoms with Gasteiger partial charge in [-0.05, 0) is 18.8 Å². The van der Waals surface area contributed by atoms with E-state index in [1.165, 1.54) is 0 Å². The van der Waals surface area contributed by atoms with Crippen LogP contribution in [0.5, 0.6) is 0 Å². The maximum Gasteiger partial charge on any atom is 0.405 e. The van der Waals surface area contributed by atoms with E-state index in [9.17, 15) is 22.8 Å². The number of halogens is 3. The van der Waals surface area contributed by atoms with Gasteiger partial charge in [0.15, 0.2) is 0 Å². The molecule has 3 atom stereocenters. The minimum atomic E-state index is -4.47. The summed E-state index contributed by atoms with van der Waals surface area (Å²) in [5.74, 6) is -3.64. The third-order valence-corrected chi connectivity index (χ3v) is 2.92. The Morgan fingerprint density at radius 1 is 1.29 bits per heavy atom. The molecule has 0 aromatic rings. The third-order valence-electron chi connectivity index (χ3n) is 2.92. The van der Waals surface area contributed by atoms with Crippen LogP contribution in [0.2, 0.25) is 0 Å². The Morgan fingerprint density at radius 2 is 1.82 bits per heavy atom. The van der Waals surface area contributed by atoms with Gasteiger partial charge in [-0.15, -0.1) is 0 Å². The minimum Gasteiger partial charge on any atom is -0.481 e. The first-order valence-corrected chi connectivity index (χ1v) is 5.28. The molecule has 4 nitrogen and oxygen atoms in total. The topological polar surface area (TPSA) is 66.4 Å². The summed E-state index contributed by atoms with van der Waals surface area (Å²) in [7, 11) is 0. The second-order valence-corrected chi connectivity index (χ2v) is 4.46. The van der Waals surface area contributed by atoms with Gasteiger partial charge in [-0.25, -0.2) is 0 Å². The second kappa shape index (κ2) is 4.93. The zero-order valence-corrected chi connectivity index (χ0v) is 9.25. The van der Waals surface area contributed by atoms with Crippen LogP contribution in [0.4, 0.5) is 13.2 Å². The normalized spacial score (nSPS) is 29.1. The van der Waals surface area contributed by atoms with Crippen molar-refractivity contribution in [1.82, 2.24) is 5.32 Å². The average Bonchev–Trinajstić information content (AvgIpc) is 2.55. The summed E-state index contributed by atoms with van der Waals surface area (Å²) in [6.07, 6.45) is -3.82. The van der Waals surface area contributed by atoms with Gasteiger partial charge >= 0.3 is 12.1 Å². The number of carboxylic acid groups (broad SMARTS) is 1. The highest BCUT2D eigenvalue weighted by atomic mass is 19.4. The summed E-state index contributed by atoms with van der Waals surface area (Å²) in [4.78, 5) is 22.3. The first kappa shape index (κ1) is 13.8. The molecule has 0 aromatic heterocycles. The number of nitrogens with one attached hydrogen (secondary N) is 1. The summed E-state index contributed by atoms with van der Waals surface area (Å²) >= 11 is 0. The lowest BCUT2D eigenvalue weighted by molar-refractivity contribution is -0.148. The molecule has 1 fully saturated rings. The first-order chi connectivity index (χ1) is 7.70. The third kappa shape index (κ3) is 3.90. The maximum absolute atomic E-state index is 11.9. The summed E-state index contributed by atoms with van der Waals surface area (Å²) in [6, 6.07) is 0. The molecule has 0 aromatic carbocycles. The number of hydrogen-bond donors (Lipinski definition) is 2. The Kier molecular flexibility index (Phi) is 4.00. The number of aliphatic carboxylic acids is 1. The molecule has 1 aliphatic rings. The van der Waals surface area contributed by atoms with E-state index in [0.29, 0.717) is 12.8 Å². The van der Waals surface area contributed by atoms with E-state index in [2.05, 4.69) is 0 Å². The van der Waals surface area contributed by atoms with Crippen molar-refractivity contribution in [3.8, 4) is 0 Å². The maximum atomic E-state index is 11.9. The first-order valence-electron chi connectivity index (χ1n) is 5.28. The molecule has 0 aliphatic heterocycles. The van der Waals surface area contributed by atoms with Gasteiger partial charge in [0.2, 0.25) is 5.91 Å². The predicted molar refractivity (Wildman–Crippen MR) is 52.1 cm³/mol. The lowest BCUT2D eigenvalue weighted by Crippen LogP contribution is -2.40. The number of rotatable bonds is 3. The van der Waals surface area contributed by atoms with Crippen molar-refractivity contribution in [2.75, 3.05) is 6.54 Å². The van der Waals surface area contributed by atoms with Crippen LogP contribution in [0.25, 0.3) is 0 Å². The molecule has 2 N–H and O–H groups in total. The largest absolute Gasteiger partial charge is 0.481 e. The van der Waals surface area contributed by atoms with Gasteiger partial charge in [0.05, 0.1) is 11.8 Å². The van der Waals surface area contributed by atoms with E-state index < -0.39 is 36.4 Å². The van der Waals surface area contributed by atoms with Crippen LogP contribution >= 0.6 is 0 Å². The van der Waals surface area contributed by atoms with Crippen molar-refractivity contribution < 1.29 is 27.9 Å². The van der Waals surface area contributed by atoms with Gasteiger partial charge < -0.3 is 10.4 Å². The van der Waals surface area contributed by atoms with Gasteiger partial charge in [-0.1, -0.05) is 6.92 Å². The minimum absolute atomic E-state index is 0.0396. The molecule has 0 heterocycles. The standard InChI is InChI=1S/C10H14F3NO3/c1-5-2-6(7(3-5)9(16)17)8(15)14-4-10(11,12)13/h5-7H,2-4H2,1H3,(H,14,15)(H,16,17). The average molecular weight is 253 g/mol. The van der Waals surface area contributed by atoms with Crippen molar-refractivity contribution in [1.29, 1.82) is 0 Å². The van der Waals surface area contributed by atoms with Crippen molar-refractivity contribution in [2.24, 2.45) is 17.8 Å². The highest BCUT2D eigenvalue weighted by molar-refractivity contribution is 5.85. The molecule has 0 spiro atoms. The van der Waals surface area contributed by atoms with Crippen molar-refractivity contribution in [3.63, 3.8) is 0 Å². The lowest BCUT2D eigenvalue weighted by atomic mass is 9.95. The molecule has 7 heteroatoms. The molecule has 1 rings (SSSR count). The van der Waals surface area contributed by atoms with E-state index >= 15 is 0 Å². The smallest absolute Gasteiger partial charge is 0.405 e. The van der Waals surface area contributed by atoms with E-state index in [0.717, 1.165) is 0 Å². The summed E-state index contributed by atoms with van der Waals surface area (Å²) in [6.45, 7) is 0.371. The zero-order valence-electron chi connectivity index (χ0n) is 9.25. The fourth-order valence-electron chi connectivity index (χ4n) is 2.17. The summed E-state index contributed by atoms with van der Waals surface area (Å²) in [5.41, 5.74) is 0. The van der Waals surface area contributed by atoms with E-state index in [1.54, 1.807) is 12.2 Å². The van der Waals surface area contributed by atoms with E-state index in [1.807, 2.05) is 0 Å². The van der Waals surface area contributed by atoms with Crippen LogP contribution in [0.1, 0.15) is 19.8 Å². The number of alkyl halides is 3. The number of carbonyl (C=O) groups excluding carboxylic acids is 1. The molecular weight excluding hydrogens is 239 g/mol. The fraction of sp³-hybridized carbons (Fsp3) is 0.800. The summed E-state index contributed by atoms with van der Waals surface area (Å²) < 4.78 is 35.7. The Morgan fingerprint density at radius 3 is 2.29 bits per heavy atom. The SMILES string of the molecule is CC1CC(C(=O)O)C(C(=O)NCC(F)(F)F)C1. The van der Waals surface area contributed by atoms with Crippen LogP contribution in [0.15, 0.2) is 0 Å². The second-order valence-electron chi connectivity index (χ2n) is 4.46. The van der Waals surface area contributed by atoms with E-state index in [-0.39, 0.29) is 5.92 Å². The van der Waals surface area contributed by atoms with Crippen LogP contribution in [0.3, 0.4) is 0 Å². The molecule has 0 bridgehead atoms. The number of carbonyl (C=O) groups is 2. The highest BCUT2D eigenvalue weighted by Crippen LogP contribution is 2.36. The molecule has 3 unspecified atom stereocenters. The van der Waals surface area contributed by atoms with Crippen molar-refractivity contribution in [3.05, 3.63) is 0 Å². The van der Waals surface area contributed by atoms with Gasteiger partial charge in [0.25, 0.3) is 0 Å². The van der Waals surface area contributed by atoms with Crippen molar-refractivity contribution >= 4 is 11.9 Å². The van der Waals surface area contributed by atoms with Crippen molar-refractivity contribution in [2.45, 2.75) is 25.9 Å². The molecule has 1 amide bonds. The van der Waals surface area contributed by atoms with E-state index in [4.69, 9.17) is 5.11 Å². The quantitative estimate of drug-likeness (QED) is 0.799. The molecule has 98 valence electrons. The van der Waals surface area contributed by atoms with Crippen LogP contribution in [0, 0.1) is 17.8 Å². The number of amides is 1. The molecule has 0 saturated heterocycles. The van der Waals surface area contributed by atoms with Crippen LogP contribution in [-0.4, -0.2) is 29.7 Å². The molecule has 1 aliphatic carbocycles. The Bertz CT molecular complexity index is 316. The van der Waals surface area contributed by atoms with Gasteiger partial charge in [0.1, 0.15) is 6.54 Å². The molecule has 1 saturated carbocycles. The van der Waals surface area contributed by atoms with Gasteiger partial charge in [-0.3, -0.25) is 9.59 Å². The Balaban J connectivity index is 2.59. The van der Waals surface area contributed by atoms with Gasteiger partial charge in [0, 0.05) is 0 Å². The monoisotopic (exact) mass is 253 g/mol. The number of carboxylic acids is 1. The summed E-state index contributed by atoms with van der Waals surface area (Å²) in [5, 5.41) is 10.6. The highest BCUT2D eigenvalue weighted by Gasteiger charge is 2.42. The lowest BCUT2D eigenvalue weighted by Gasteiger charge is -2.16. The molecule has 17 heavy (non-hydrogen) atoms. The van der Waals surface area contributed by atoms with Crippen LogP contribution < -0.4 is 5.32 Å². The molecule has 0 radical (unpaired) electrons. The molecular formula is C10H14F3NO3. The van der Waals surface area contributed by atoms with Gasteiger partial charge in [-0.2, -0.15) is 13.2 Å². The zero-order chi connectivity index (χ0) is 13.2. The number of hydrogen-bond acceptors (Lipinski definition) is 2.